The molecular weight excluding hydrogens is 512 g/mol. The molecule has 2 amide bonds. The fourth-order valence-electron chi connectivity index (χ4n) is 4.43. The van der Waals surface area contributed by atoms with Gasteiger partial charge in [0.25, 0.3) is 0 Å². The van der Waals surface area contributed by atoms with Gasteiger partial charge in [-0.2, -0.15) is 0 Å². The number of nitrogens with zero attached hydrogens (tertiary/aromatic N) is 1. The number of hydrogen-bond donors (Lipinski definition) is 3. The zero-order valence-electron chi connectivity index (χ0n) is 22.2. The molecule has 9 nitrogen and oxygen atoms in total. The van der Waals surface area contributed by atoms with Crippen LogP contribution in [0.2, 0.25) is 0 Å². The maximum Gasteiger partial charge on any atom is 0.407 e. The van der Waals surface area contributed by atoms with Crippen LogP contribution in [-0.4, -0.2) is 50.1 Å². The number of ether oxygens (including phenoxy) is 1. The van der Waals surface area contributed by atoms with E-state index in [4.69, 9.17) is 4.74 Å². The second-order valence-corrected chi connectivity index (χ2v) is 12.7. The highest BCUT2D eigenvalue weighted by Crippen LogP contribution is 2.39. The number of thiazole rings is 1. The molecule has 1 aromatic carbocycles. The summed E-state index contributed by atoms with van der Waals surface area (Å²) in [7, 11) is -3.77. The van der Waals surface area contributed by atoms with Crippen LogP contribution in [0, 0.1) is 0 Å². The second kappa shape index (κ2) is 12.8. The van der Waals surface area contributed by atoms with Gasteiger partial charge in [0.1, 0.15) is 0 Å². The van der Waals surface area contributed by atoms with E-state index in [0.29, 0.717) is 11.1 Å². The summed E-state index contributed by atoms with van der Waals surface area (Å²) in [5.41, 5.74) is 1.20. The molecule has 0 spiro atoms. The van der Waals surface area contributed by atoms with Gasteiger partial charge in [-0.05, 0) is 65.0 Å². The molecule has 2 aromatic rings. The van der Waals surface area contributed by atoms with Gasteiger partial charge in [-0.3, -0.25) is 4.79 Å². The molecule has 3 N–H and O–H groups in total. The van der Waals surface area contributed by atoms with Gasteiger partial charge in [-0.25, -0.2) is 22.9 Å². The Morgan fingerprint density at radius 2 is 1.84 bits per heavy atom. The fourth-order valence-corrected chi connectivity index (χ4v) is 6.93. The summed E-state index contributed by atoms with van der Waals surface area (Å²) in [6.45, 7) is 9.40. The molecule has 1 aliphatic carbocycles. The predicted molar refractivity (Wildman–Crippen MR) is 145 cm³/mol. The minimum atomic E-state index is -3.77. The van der Waals surface area contributed by atoms with Gasteiger partial charge in [0.15, 0.2) is 0 Å². The number of carbonyl (C=O) groups excluding carboxylic acids is 2. The maximum atomic E-state index is 13.1. The number of benzene rings is 1. The standard InChI is InChI=1S/C26H38N4O5S2/c1-6-28-37(33,34)23-13-18(14-24(31)29-16(2)3)7-12-21(23)22-15-27-25(36-22)19-8-10-20(11-9-19)30-26(32)35-17(4)5/h7,12-13,15-17,19-20,28H,6,8-11,14H2,1-5H3,(H,29,31)(H,30,32)/t19-,20-. The molecule has 0 saturated heterocycles. The Morgan fingerprint density at radius 3 is 2.46 bits per heavy atom. The Bertz CT molecular complexity index is 1190. The van der Waals surface area contributed by atoms with Crippen molar-refractivity contribution in [3.8, 4) is 10.4 Å². The van der Waals surface area contributed by atoms with Gasteiger partial charge >= 0.3 is 6.09 Å². The summed E-state index contributed by atoms with van der Waals surface area (Å²) < 4.78 is 33.9. The summed E-state index contributed by atoms with van der Waals surface area (Å²) >= 11 is 1.50. The van der Waals surface area contributed by atoms with Crippen LogP contribution in [0.15, 0.2) is 29.3 Å². The highest BCUT2D eigenvalue weighted by Gasteiger charge is 2.27. The number of amides is 2. The molecule has 0 atom stereocenters. The molecule has 1 aliphatic rings. The Kier molecular flexibility index (Phi) is 10.1. The number of alkyl carbamates (subject to hydrolysis) is 1. The van der Waals surface area contributed by atoms with Crippen molar-refractivity contribution in [3.63, 3.8) is 0 Å². The average Bonchev–Trinajstić information content (AvgIpc) is 3.28. The van der Waals surface area contributed by atoms with Crippen molar-refractivity contribution in [2.24, 2.45) is 0 Å². The Balaban J connectivity index is 1.77. The summed E-state index contributed by atoms with van der Waals surface area (Å²) in [4.78, 5) is 29.7. The van der Waals surface area contributed by atoms with E-state index >= 15 is 0 Å². The molecule has 1 fully saturated rings. The number of nitrogens with one attached hydrogen (secondary N) is 3. The number of sulfonamides is 1. The molecule has 1 saturated carbocycles. The lowest BCUT2D eigenvalue weighted by molar-refractivity contribution is -0.120. The van der Waals surface area contributed by atoms with E-state index < -0.39 is 10.0 Å². The van der Waals surface area contributed by atoms with Crippen molar-refractivity contribution in [2.75, 3.05) is 6.54 Å². The summed E-state index contributed by atoms with van der Waals surface area (Å²) in [5.74, 6) is 0.0999. The third-order valence-electron chi connectivity index (χ3n) is 6.01. The number of carbonyl (C=O) groups is 2. The number of hydrogen-bond acceptors (Lipinski definition) is 7. The topological polar surface area (TPSA) is 126 Å². The van der Waals surface area contributed by atoms with Crippen LogP contribution in [-0.2, 0) is 26.0 Å². The normalized spacial score (nSPS) is 18.1. The largest absolute Gasteiger partial charge is 0.447 e. The Morgan fingerprint density at radius 1 is 1.14 bits per heavy atom. The van der Waals surface area contributed by atoms with Crippen LogP contribution in [0.3, 0.4) is 0 Å². The highest BCUT2D eigenvalue weighted by atomic mass is 32.2. The van der Waals surface area contributed by atoms with E-state index in [9.17, 15) is 18.0 Å². The molecule has 0 unspecified atom stereocenters. The molecule has 0 radical (unpaired) electrons. The number of rotatable bonds is 10. The van der Waals surface area contributed by atoms with Gasteiger partial charge in [0.05, 0.1) is 27.3 Å². The molecule has 204 valence electrons. The van der Waals surface area contributed by atoms with E-state index in [1.807, 2.05) is 27.7 Å². The van der Waals surface area contributed by atoms with Crippen LogP contribution >= 0.6 is 11.3 Å². The molecule has 1 aromatic heterocycles. The van der Waals surface area contributed by atoms with E-state index in [1.165, 1.54) is 11.3 Å². The van der Waals surface area contributed by atoms with E-state index in [2.05, 4.69) is 20.3 Å². The minimum Gasteiger partial charge on any atom is -0.447 e. The van der Waals surface area contributed by atoms with Gasteiger partial charge in [-0.1, -0.05) is 19.1 Å². The maximum absolute atomic E-state index is 13.1. The minimum absolute atomic E-state index is 0.00653. The molecule has 3 rings (SSSR count). The van der Waals surface area contributed by atoms with Crippen molar-refractivity contribution >= 4 is 33.4 Å². The summed E-state index contributed by atoms with van der Waals surface area (Å²) in [6, 6.07) is 5.24. The molecule has 0 aliphatic heterocycles. The van der Waals surface area contributed by atoms with Crippen molar-refractivity contribution in [2.45, 2.75) is 95.7 Å². The SMILES string of the molecule is CCNS(=O)(=O)c1cc(CC(=O)NC(C)C)ccc1-c1cnc([C@H]2CC[C@H](NC(=O)OC(C)C)CC2)s1. The smallest absolute Gasteiger partial charge is 0.407 e. The van der Waals surface area contributed by atoms with Crippen LogP contribution in [0.1, 0.15) is 76.8 Å². The summed E-state index contributed by atoms with van der Waals surface area (Å²) in [5, 5.41) is 6.74. The lowest BCUT2D eigenvalue weighted by Gasteiger charge is -2.28. The van der Waals surface area contributed by atoms with Crippen LogP contribution in [0.5, 0.6) is 0 Å². The molecular formula is C26H38N4O5S2. The monoisotopic (exact) mass is 550 g/mol. The van der Waals surface area contributed by atoms with Gasteiger partial charge in [-0.15, -0.1) is 11.3 Å². The third-order valence-corrected chi connectivity index (χ3v) is 8.79. The van der Waals surface area contributed by atoms with Crippen molar-refractivity contribution < 1.29 is 22.7 Å². The van der Waals surface area contributed by atoms with Crippen LogP contribution in [0.25, 0.3) is 10.4 Å². The highest BCUT2D eigenvalue weighted by molar-refractivity contribution is 7.89. The van der Waals surface area contributed by atoms with Gasteiger partial charge in [0, 0.05) is 36.3 Å². The molecule has 37 heavy (non-hydrogen) atoms. The van der Waals surface area contributed by atoms with E-state index in [1.54, 1.807) is 31.3 Å². The predicted octanol–water partition coefficient (Wildman–Crippen LogP) is 4.34. The lowest BCUT2D eigenvalue weighted by Crippen LogP contribution is -2.38. The molecule has 1 heterocycles. The zero-order valence-corrected chi connectivity index (χ0v) is 23.8. The Hall–Kier alpha value is -2.50. The van der Waals surface area contributed by atoms with Crippen molar-refractivity contribution in [1.82, 2.24) is 20.3 Å². The van der Waals surface area contributed by atoms with E-state index in [-0.39, 0.29) is 54.0 Å². The van der Waals surface area contributed by atoms with Crippen LogP contribution < -0.4 is 15.4 Å². The second-order valence-electron chi connectivity index (χ2n) is 9.94. The zero-order chi connectivity index (χ0) is 27.2. The van der Waals surface area contributed by atoms with Crippen molar-refractivity contribution in [3.05, 3.63) is 35.0 Å². The van der Waals surface area contributed by atoms with E-state index in [0.717, 1.165) is 35.6 Å². The first-order valence-electron chi connectivity index (χ1n) is 12.8. The lowest BCUT2D eigenvalue weighted by atomic mass is 9.86. The van der Waals surface area contributed by atoms with Gasteiger partial charge < -0.3 is 15.4 Å². The van der Waals surface area contributed by atoms with Gasteiger partial charge in [0.2, 0.25) is 15.9 Å². The first-order chi connectivity index (χ1) is 17.5. The average molecular weight is 551 g/mol. The Labute approximate surface area is 223 Å². The first kappa shape index (κ1) is 29.1. The molecule has 0 bridgehead atoms. The quantitative estimate of drug-likeness (QED) is 0.404. The van der Waals surface area contributed by atoms with Crippen molar-refractivity contribution in [1.29, 1.82) is 0 Å². The first-order valence-corrected chi connectivity index (χ1v) is 15.1. The third kappa shape index (κ3) is 8.24. The fraction of sp³-hybridized carbons (Fsp3) is 0.577. The van der Waals surface area contributed by atoms with Crippen LogP contribution in [0.4, 0.5) is 4.79 Å². The summed E-state index contributed by atoms with van der Waals surface area (Å²) in [6.07, 6.45) is 4.73. The number of aromatic nitrogens is 1. The molecule has 11 heteroatoms.